The molecule has 6 nitrogen and oxygen atoms in total. The number of ether oxygens (including phenoxy) is 2. The third-order valence-electron chi connectivity index (χ3n) is 5.14. The zero-order valence-electron chi connectivity index (χ0n) is 15.0. The van der Waals surface area contributed by atoms with Crippen LogP contribution < -0.4 is 10.2 Å². The van der Waals surface area contributed by atoms with Crippen LogP contribution in [0.4, 0.5) is 0 Å². The molecule has 0 bridgehead atoms. The van der Waals surface area contributed by atoms with Crippen LogP contribution in [0.15, 0.2) is 47.4 Å². The number of benzene rings is 1. The molecule has 0 aliphatic carbocycles. The summed E-state index contributed by atoms with van der Waals surface area (Å²) in [6, 6.07) is 11.1. The van der Waals surface area contributed by atoms with Gasteiger partial charge in [0, 0.05) is 18.3 Å². The predicted octanol–water partition coefficient (Wildman–Crippen LogP) is 2.41. The summed E-state index contributed by atoms with van der Waals surface area (Å²) in [4.78, 5) is 27.4. The predicted molar refractivity (Wildman–Crippen MR) is 96.1 cm³/mol. The maximum absolute atomic E-state index is 13.3. The number of aromatic nitrogens is 1. The van der Waals surface area contributed by atoms with Crippen LogP contribution in [0.1, 0.15) is 36.3 Å². The minimum atomic E-state index is -0.701. The topological polar surface area (TPSA) is 60.8 Å². The van der Waals surface area contributed by atoms with Gasteiger partial charge in [-0.15, -0.1) is 0 Å². The summed E-state index contributed by atoms with van der Waals surface area (Å²) >= 11 is 0. The van der Waals surface area contributed by atoms with E-state index in [0.717, 1.165) is 12.0 Å². The smallest absolute Gasteiger partial charge is 0.277 e. The average Bonchev–Trinajstić information content (AvgIpc) is 2.62. The first-order valence-electron chi connectivity index (χ1n) is 8.87. The Morgan fingerprint density at radius 2 is 2.00 bits per heavy atom. The zero-order chi connectivity index (χ0) is 18.3. The van der Waals surface area contributed by atoms with Gasteiger partial charge in [0.1, 0.15) is 6.61 Å². The minimum Gasteiger partial charge on any atom is -0.483 e. The van der Waals surface area contributed by atoms with Gasteiger partial charge >= 0.3 is 0 Å². The van der Waals surface area contributed by atoms with E-state index in [1.54, 1.807) is 15.7 Å². The van der Waals surface area contributed by atoms with Crippen molar-refractivity contribution in [1.82, 2.24) is 9.47 Å². The molecular weight excluding hydrogens is 332 g/mol. The van der Waals surface area contributed by atoms with Gasteiger partial charge in [-0.25, -0.2) is 0 Å². The third-order valence-corrected chi connectivity index (χ3v) is 5.14. The quantitative estimate of drug-likeness (QED) is 0.849. The number of rotatable bonds is 3. The number of nitrogens with zero attached hydrogens (tertiary/aromatic N) is 2. The normalized spacial score (nSPS) is 24.8. The van der Waals surface area contributed by atoms with Gasteiger partial charge in [-0.1, -0.05) is 30.3 Å². The monoisotopic (exact) mass is 354 g/mol. The standard InChI is InChI=1S/C20H22N2O4/c1-14-9-11-26-20(2)13-21-10-8-16(23)18(17(21)19(24)22(14)20)25-12-15-6-4-3-5-7-15/h3-8,10,14H,9,11-13H2,1-2H3/t14-,20+/m1/s1. The van der Waals surface area contributed by atoms with E-state index in [1.165, 1.54) is 6.07 Å². The summed E-state index contributed by atoms with van der Waals surface area (Å²) in [7, 11) is 0. The molecule has 1 amide bonds. The van der Waals surface area contributed by atoms with Gasteiger partial charge in [-0.3, -0.25) is 9.59 Å². The first kappa shape index (κ1) is 16.8. The summed E-state index contributed by atoms with van der Waals surface area (Å²) in [6.07, 6.45) is 2.43. The molecule has 136 valence electrons. The molecule has 0 radical (unpaired) electrons. The second-order valence-corrected chi connectivity index (χ2v) is 7.10. The van der Waals surface area contributed by atoms with Crippen molar-refractivity contribution in [2.45, 2.75) is 45.2 Å². The summed E-state index contributed by atoms with van der Waals surface area (Å²) in [5, 5.41) is 0. The fourth-order valence-corrected chi connectivity index (χ4v) is 3.86. The molecule has 1 aromatic carbocycles. The molecule has 1 aromatic heterocycles. The molecule has 0 saturated carbocycles. The maximum atomic E-state index is 13.3. The highest BCUT2D eigenvalue weighted by Gasteiger charge is 2.48. The van der Waals surface area contributed by atoms with E-state index >= 15 is 0 Å². The molecule has 2 aromatic rings. The minimum absolute atomic E-state index is 0.0484. The molecule has 2 aliphatic rings. The Morgan fingerprint density at radius 1 is 1.23 bits per heavy atom. The summed E-state index contributed by atoms with van der Waals surface area (Å²) in [6.45, 7) is 5.27. The lowest BCUT2D eigenvalue weighted by Gasteiger charge is -2.51. The molecule has 26 heavy (non-hydrogen) atoms. The lowest BCUT2D eigenvalue weighted by molar-refractivity contribution is -0.185. The number of carbonyl (C=O) groups is 1. The van der Waals surface area contributed by atoms with Crippen LogP contribution in [0, 0.1) is 0 Å². The molecule has 1 saturated heterocycles. The van der Waals surface area contributed by atoms with Crippen molar-refractivity contribution in [3.63, 3.8) is 0 Å². The molecular formula is C20H22N2O4. The highest BCUT2D eigenvalue weighted by atomic mass is 16.5. The summed E-state index contributed by atoms with van der Waals surface area (Å²) < 4.78 is 13.5. The fourth-order valence-electron chi connectivity index (χ4n) is 3.86. The molecule has 0 unspecified atom stereocenters. The van der Waals surface area contributed by atoms with Gasteiger partial charge in [-0.05, 0) is 25.8 Å². The van der Waals surface area contributed by atoms with Crippen LogP contribution in [0.2, 0.25) is 0 Å². The van der Waals surface area contributed by atoms with Crippen LogP contribution in [0.5, 0.6) is 5.75 Å². The number of hydrogen-bond donors (Lipinski definition) is 0. The van der Waals surface area contributed by atoms with Crippen LogP contribution in [0.3, 0.4) is 0 Å². The second-order valence-electron chi connectivity index (χ2n) is 7.10. The Hall–Kier alpha value is -2.60. The SMILES string of the molecule is C[C@@H]1CCO[C@@]2(C)Cn3ccc(=O)c(OCc4ccccc4)c3C(=O)N12. The largest absolute Gasteiger partial charge is 0.483 e. The first-order valence-corrected chi connectivity index (χ1v) is 8.87. The number of fused-ring (bicyclic) bond motifs is 2. The third kappa shape index (κ3) is 2.70. The van der Waals surface area contributed by atoms with E-state index in [4.69, 9.17) is 9.47 Å². The lowest BCUT2D eigenvalue weighted by Crippen LogP contribution is -2.64. The van der Waals surface area contributed by atoms with Gasteiger partial charge in [0.05, 0.1) is 13.2 Å². The Bertz CT molecular complexity index is 892. The number of pyridine rings is 1. The second kappa shape index (κ2) is 6.29. The van der Waals surface area contributed by atoms with Crippen LogP contribution in [-0.4, -0.2) is 33.7 Å². The van der Waals surface area contributed by atoms with Gasteiger partial charge in [0.15, 0.2) is 17.2 Å². The Morgan fingerprint density at radius 3 is 2.77 bits per heavy atom. The van der Waals surface area contributed by atoms with E-state index in [1.807, 2.05) is 44.2 Å². The number of carbonyl (C=O) groups excluding carboxylic acids is 1. The molecule has 2 atom stereocenters. The van der Waals surface area contributed by atoms with Crippen molar-refractivity contribution in [2.24, 2.45) is 0 Å². The average molecular weight is 354 g/mol. The molecule has 2 aliphatic heterocycles. The zero-order valence-corrected chi connectivity index (χ0v) is 15.0. The van der Waals surface area contributed by atoms with E-state index in [2.05, 4.69) is 0 Å². The number of amides is 1. The van der Waals surface area contributed by atoms with E-state index in [0.29, 0.717) is 18.8 Å². The van der Waals surface area contributed by atoms with Crippen molar-refractivity contribution >= 4 is 5.91 Å². The lowest BCUT2D eigenvalue weighted by atomic mass is 10.0. The van der Waals surface area contributed by atoms with Crippen molar-refractivity contribution in [1.29, 1.82) is 0 Å². The summed E-state index contributed by atoms with van der Waals surface area (Å²) in [5.41, 5.74) is 0.267. The molecule has 3 heterocycles. The molecule has 0 spiro atoms. The Balaban J connectivity index is 1.73. The highest BCUT2D eigenvalue weighted by molar-refractivity contribution is 5.96. The molecule has 6 heteroatoms. The molecule has 1 fully saturated rings. The van der Waals surface area contributed by atoms with E-state index in [-0.39, 0.29) is 29.7 Å². The molecule has 4 rings (SSSR count). The number of hydrogen-bond acceptors (Lipinski definition) is 4. The highest BCUT2D eigenvalue weighted by Crippen LogP contribution is 2.36. The Labute approximate surface area is 152 Å². The van der Waals surface area contributed by atoms with E-state index < -0.39 is 5.72 Å². The van der Waals surface area contributed by atoms with Crippen LogP contribution in [0.25, 0.3) is 0 Å². The van der Waals surface area contributed by atoms with Gasteiger partial charge in [0.25, 0.3) is 5.91 Å². The van der Waals surface area contributed by atoms with Crippen molar-refractivity contribution in [3.05, 3.63) is 64.1 Å². The first-order chi connectivity index (χ1) is 12.5. The molecule has 0 N–H and O–H groups in total. The van der Waals surface area contributed by atoms with Gasteiger partial charge < -0.3 is 18.9 Å². The Kier molecular flexibility index (Phi) is 4.07. The van der Waals surface area contributed by atoms with Crippen molar-refractivity contribution < 1.29 is 14.3 Å². The summed E-state index contributed by atoms with van der Waals surface area (Å²) in [5.74, 6) is -0.104. The van der Waals surface area contributed by atoms with Crippen LogP contribution >= 0.6 is 0 Å². The fraction of sp³-hybridized carbons (Fsp3) is 0.400. The van der Waals surface area contributed by atoms with Crippen molar-refractivity contribution in [3.8, 4) is 5.75 Å². The van der Waals surface area contributed by atoms with Gasteiger partial charge in [0.2, 0.25) is 5.43 Å². The maximum Gasteiger partial charge on any atom is 0.277 e. The van der Waals surface area contributed by atoms with Gasteiger partial charge in [-0.2, -0.15) is 0 Å². The van der Waals surface area contributed by atoms with Crippen molar-refractivity contribution in [2.75, 3.05) is 6.61 Å². The van der Waals surface area contributed by atoms with E-state index in [9.17, 15) is 9.59 Å². The van der Waals surface area contributed by atoms with Crippen LogP contribution in [-0.2, 0) is 17.9 Å².